The number of pyridine rings is 1. The molecule has 3 heteroatoms. The summed E-state index contributed by atoms with van der Waals surface area (Å²) in [5, 5.41) is 5.02. The van der Waals surface area contributed by atoms with Gasteiger partial charge < -0.3 is 9.47 Å². The molecule has 0 bridgehead atoms. The summed E-state index contributed by atoms with van der Waals surface area (Å²) in [5.41, 5.74) is 11.8. The lowest BCUT2D eigenvalue weighted by Crippen LogP contribution is -2.15. The van der Waals surface area contributed by atoms with E-state index in [0.29, 0.717) is 0 Å². The second kappa shape index (κ2) is 8.92. The van der Waals surface area contributed by atoms with Crippen molar-refractivity contribution in [3.8, 4) is 27.9 Å². The summed E-state index contributed by atoms with van der Waals surface area (Å²) in [6, 6.07) is 50.3. The van der Waals surface area contributed by atoms with Crippen LogP contribution >= 0.6 is 0 Å². The van der Waals surface area contributed by atoms with E-state index in [9.17, 15) is 0 Å². The molecule has 0 saturated carbocycles. The van der Waals surface area contributed by atoms with Crippen molar-refractivity contribution >= 4 is 49.6 Å². The van der Waals surface area contributed by atoms with E-state index in [4.69, 9.17) is 0 Å². The van der Waals surface area contributed by atoms with Gasteiger partial charge in [0.2, 0.25) is 0 Å². The highest BCUT2D eigenvalue weighted by molar-refractivity contribution is 6.15. The lowest BCUT2D eigenvalue weighted by atomic mass is 9.88. The van der Waals surface area contributed by atoms with Crippen molar-refractivity contribution < 1.29 is 0 Å². The maximum Gasteiger partial charge on any atom is 0.0723 e. The molecule has 0 spiro atoms. The predicted octanol–water partition coefficient (Wildman–Crippen LogP) is 10.4. The average Bonchev–Trinajstić information content (AvgIpc) is 3.40. The first-order chi connectivity index (χ1) is 20.8. The molecule has 0 aliphatic carbocycles. The number of aromatic nitrogens is 2. The Balaban J connectivity index is 1.29. The molecule has 0 atom stereocenters. The summed E-state index contributed by atoms with van der Waals surface area (Å²) in [4.78, 5) is 6.97. The van der Waals surface area contributed by atoms with Gasteiger partial charge in [-0.25, -0.2) is 0 Å². The summed E-state index contributed by atoms with van der Waals surface area (Å²) < 4.78 is 2.38. The summed E-state index contributed by atoms with van der Waals surface area (Å²) >= 11 is 0. The average molecular weight is 536 g/mol. The minimum Gasteiger partial charge on any atom is -0.309 e. The second-order valence-corrected chi connectivity index (χ2v) is 10.9. The Morgan fingerprint density at radius 3 is 2.00 bits per heavy atom. The van der Waals surface area contributed by atoms with Crippen LogP contribution in [0.15, 0.2) is 152 Å². The van der Waals surface area contributed by atoms with E-state index in [1.165, 1.54) is 60.5 Å². The first kappa shape index (κ1) is 23.1. The number of benzene rings is 6. The van der Waals surface area contributed by atoms with Gasteiger partial charge in [0, 0.05) is 39.3 Å². The van der Waals surface area contributed by atoms with Gasteiger partial charge in [0.25, 0.3) is 0 Å². The largest absolute Gasteiger partial charge is 0.309 e. The minimum atomic E-state index is 1.09. The van der Waals surface area contributed by atoms with Crippen molar-refractivity contribution in [3.63, 3.8) is 0 Å². The summed E-state index contributed by atoms with van der Waals surface area (Å²) in [6.45, 7) is 0. The monoisotopic (exact) mass is 535 g/mol. The third-order valence-corrected chi connectivity index (χ3v) is 8.56. The number of rotatable bonds is 3. The highest BCUT2D eigenvalue weighted by Gasteiger charge is 2.27. The number of hydrogen-bond donors (Lipinski definition) is 0. The van der Waals surface area contributed by atoms with Gasteiger partial charge in [-0.15, -0.1) is 0 Å². The van der Waals surface area contributed by atoms with E-state index in [1.807, 2.05) is 12.4 Å². The third kappa shape index (κ3) is 3.31. The van der Waals surface area contributed by atoms with Crippen LogP contribution in [0.5, 0.6) is 0 Å². The van der Waals surface area contributed by atoms with Gasteiger partial charge in [0.1, 0.15) is 0 Å². The van der Waals surface area contributed by atoms with E-state index < -0.39 is 0 Å². The summed E-state index contributed by atoms with van der Waals surface area (Å²) in [6.07, 6.45) is 3.90. The standard InChI is InChI=1S/C39H25N3/c1-2-10-26(11-3-1)28-22-27-12-8-19-37-39(27)34(23-28)33-20-21-40-25-38(33)42(37)30-14-9-13-29(24-30)41-35-17-6-4-15-31(35)32-16-5-7-18-36(32)41/h1-25H. The second-order valence-electron chi connectivity index (χ2n) is 10.9. The van der Waals surface area contributed by atoms with Gasteiger partial charge in [-0.2, -0.15) is 0 Å². The van der Waals surface area contributed by atoms with E-state index in [2.05, 4.69) is 154 Å². The fourth-order valence-electron chi connectivity index (χ4n) is 6.78. The Morgan fingerprint density at radius 2 is 1.19 bits per heavy atom. The van der Waals surface area contributed by atoms with Gasteiger partial charge in [0.05, 0.1) is 28.6 Å². The maximum absolute atomic E-state index is 4.60. The molecular formula is C39H25N3. The normalized spacial score (nSPS) is 12.2. The predicted molar refractivity (Wildman–Crippen MR) is 175 cm³/mol. The zero-order chi connectivity index (χ0) is 27.6. The molecular weight excluding hydrogens is 510 g/mol. The number of para-hydroxylation sites is 2. The zero-order valence-electron chi connectivity index (χ0n) is 22.8. The fourth-order valence-corrected chi connectivity index (χ4v) is 6.78. The topological polar surface area (TPSA) is 21.1 Å². The smallest absolute Gasteiger partial charge is 0.0723 e. The minimum absolute atomic E-state index is 1.09. The van der Waals surface area contributed by atoms with Gasteiger partial charge in [-0.1, -0.05) is 84.9 Å². The number of hydrogen-bond acceptors (Lipinski definition) is 2. The lowest BCUT2D eigenvalue weighted by molar-refractivity contribution is 1.16. The Bertz CT molecular complexity index is 2260. The molecule has 8 aromatic rings. The SMILES string of the molecule is c1ccc(-c2cc3c4c(cccc4c2)N(c2cccc(-n4c5ccccc5c5ccccc54)c2)c2cnccc2-3)cc1. The Morgan fingerprint density at radius 1 is 0.476 bits per heavy atom. The molecule has 1 aliphatic heterocycles. The van der Waals surface area contributed by atoms with Crippen molar-refractivity contribution in [1.82, 2.24) is 9.55 Å². The summed E-state index contributed by atoms with van der Waals surface area (Å²) in [7, 11) is 0. The van der Waals surface area contributed by atoms with E-state index in [-0.39, 0.29) is 0 Å². The van der Waals surface area contributed by atoms with Crippen molar-refractivity contribution in [2.45, 2.75) is 0 Å². The molecule has 6 aromatic carbocycles. The van der Waals surface area contributed by atoms with Gasteiger partial charge in [-0.05, 0) is 76.7 Å². The molecule has 0 amide bonds. The van der Waals surface area contributed by atoms with E-state index in [0.717, 1.165) is 17.1 Å². The molecule has 196 valence electrons. The molecule has 42 heavy (non-hydrogen) atoms. The highest BCUT2D eigenvalue weighted by Crippen LogP contribution is 2.51. The molecule has 2 aromatic heterocycles. The summed E-state index contributed by atoms with van der Waals surface area (Å²) in [5.74, 6) is 0. The van der Waals surface area contributed by atoms with Crippen LogP contribution in [0.1, 0.15) is 0 Å². The molecule has 0 N–H and O–H groups in total. The van der Waals surface area contributed by atoms with Crippen molar-refractivity contribution in [1.29, 1.82) is 0 Å². The van der Waals surface area contributed by atoms with Gasteiger partial charge >= 0.3 is 0 Å². The quantitative estimate of drug-likeness (QED) is 0.224. The van der Waals surface area contributed by atoms with Gasteiger partial charge in [-0.3, -0.25) is 4.98 Å². The Hall–Kier alpha value is -5.67. The van der Waals surface area contributed by atoms with Crippen LogP contribution in [0.2, 0.25) is 0 Å². The molecule has 0 unspecified atom stereocenters. The highest BCUT2D eigenvalue weighted by atomic mass is 15.2. The molecule has 9 rings (SSSR count). The first-order valence-corrected chi connectivity index (χ1v) is 14.3. The van der Waals surface area contributed by atoms with Crippen molar-refractivity contribution in [2.24, 2.45) is 0 Å². The van der Waals surface area contributed by atoms with Crippen LogP contribution in [-0.4, -0.2) is 9.55 Å². The molecule has 0 radical (unpaired) electrons. The van der Waals surface area contributed by atoms with E-state index >= 15 is 0 Å². The fraction of sp³-hybridized carbons (Fsp3) is 0. The molecule has 1 aliphatic rings. The third-order valence-electron chi connectivity index (χ3n) is 8.56. The van der Waals surface area contributed by atoms with Crippen molar-refractivity contribution in [3.05, 3.63) is 152 Å². The Kier molecular flexibility index (Phi) is 4.90. The van der Waals surface area contributed by atoms with Crippen LogP contribution in [0.25, 0.3) is 60.5 Å². The number of fused-ring (bicyclic) bond motifs is 5. The first-order valence-electron chi connectivity index (χ1n) is 14.3. The van der Waals surface area contributed by atoms with Crippen LogP contribution in [-0.2, 0) is 0 Å². The molecule has 3 nitrogen and oxygen atoms in total. The molecule has 0 saturated heterocycles. The zero-order valence-corrected chi connectivity index (χ0v) is 22.8. The van der Waals surface area contributed by atoms with Crippen molar-refractivity contribution in [2.75, 3.05) is 4.90 Å². The number of nitrogens with zero attached hydrogens (tertiary/aromatic N) is 3. The maximum atomic E-state index is 4.60. The van der Waals surface area contributed by atoms with Crippen LogP contribution in [0, 0.1) is 0 Å². The number of anilines is 3. The molecule has 3 heterocycles. The van der Waals surface area contributed by atoms with Crippen LogP contribution in [0.4, 0.5) is 17.1 Å². The molecule has 0 fully saturated rings. The lowest BCUT2D eigenvalue weighted by Gasteiger charge is -2.33. The Labute approximate surface area is 243 Å². The van der Waals surface area contributed by atoms with Gasteiger partial charge in [0.15, 0.2) is 0 Å². The van der Waals surface area contributed by atoms with Crippen LogP contribution < -0.4 is 4.90 Å². The van der Waals surface area contributed by atoms with Crippen LogP contribution in [0.3, 0.4) is 0 Å². The van der Waals surface area contributed by atoms with E-state index in [1.54, 1.807) is 0 Å².